The molecular formula is C18H24N4O3. The number of benzene rings is 1. The number of nitrogens with one attached hydrogen (secondary N) is 1. The normalized spacial score (nSPS) is 11.4. The van der Waals surface area contributed by atoms with Gasteiger partial charge in [-0.15, -0.1) is 0 Å². The van der Waals surface area contributed by atoms with Crippen LogP contribution in [-0.2, 0) is 17.8 Å². The molecular weight excluding hydrogens is 320 g/mol. The molecule has 0 saturated carbocycles. The van der Waals surface area contributed by atoms with E-state index in [0.29, 0.717) is 12.4 Å². The lowest BCUT2D eigenvalue weighted by Crippen LogP contribution is -2.45. The summed E-state index contributed by atoms with van der Waals surface area (Å²) in [6.45, 7) is 8.09. The topological polar surface area (TPSA) is 90.1 Å². The van der Waals surface area contributed by atoms with Crippen LogP contribution < -0.4 is 5.32 Å². The van der Waals surface area contributed by atoms with Crippen LogP contribution in [0.1, 0.15) is 37.2 Å². The van der Waals surface area contributed by atoms with Gasteiger partial charge in [0, 0.05) is 25.4 Å². The first-order chi connectivity index (χ1) is 11.7. The van der Waals surface area contributed by atoms with E-state index in [4.69, 9.17) is 0 Å². The molecule has 1 aromatic heterocycles. The highest BCUT2D eigenvalue weighted by molar-refractivity contribution is 5.76. The van der Waals surface area contributed by atoms with Gasteiger partial charge in [0.1, 0.15) is 6.20 Å². The lowest BCUT2D eigenvalue weighted by Gasteiger charge is -2.27. The standard InChI is InChI=1S/C18H24N4O3/c1-13-7-5-6-8-15(13)11-18(3,4)20-17(23)9-10-21-12-16(22(24)25)19-14(21)2/h5-8,12H,9-11H2,1-4H3,(H,20,23). The molecule has 2 rings (SSSR count). The van der Waals surface area contributed by atoms with Gasteiger partial charge in [-0.1, -0.05) is 24.3 Å². The minimum atomic E-state index is -0.533. The second kappa shape index (κ2) is 7.46. The Labute approximate surface area is 147 Å². The molecule has 0 saturated heterocycles. The number of aromatic nitrogens is 2. The van der Waals surface area contributed by atoms with Gasteiger partial charge in [-0.2, -0.15) is 0 Å². The van der Waals surface area contributed by atoms with E-state index in [9.17, 15) is 14.9 Å². The number of amides is 1. The van der Waals surface area contributed by atoms with Crippen molar-refractivity contribution in [3.05, 3.63) is 57.5 Å². The van der Waals surface area contributed by atoms with Gasteiger partial charge in [0.05, 0.1) is 0 Å². The number of nitro groups is 1. The molecule has 2 aromatic rings. The fourth-order valence-corrected chi connectivity index (χ4v) is 2.80. The van der Waals surface area contributed by atoms with Gasteiger partial charge in [-0.25, -0.2) is 0 Å². The Bertz CT molecular complexity index is 780. The smallest absolute Gasteiger partial charge is 0.358 e. The molecule has 0 atom stereocenters. The summed E-state index contributed by atoms with van der Waals surface area (Å²) >= 11 is 0. The Kier molecular flexibility index (Phi) is 5.56. The van der Waals surface area contributed by atoms with Crippen LogP contribution in [0.15, 0.2) is 30.5 Å². The van der Waals surface area contributed by atoms with Crippen molar-refractivity contribution in [3.63, 3.8) is 0 Å². The quantitative estimate of drug-likeness (QED) is 0.617. The predicted molar refractivity (Wildman–Crippen MR) is 95.3 cm³/mol. The Balaban J connectivity index is 1.93. The lowest BCUT2D eigenvalue weighted by atomic mass is 9.92. The van der Waals surface area contributed by atoms with E-state index < -0.39 is 4.92 Å². The highest BCUT2D eigenvalue weighted by Gasteiger charge is 2.22. The third kappa shape index (κ3) is 5.14. The summed E-state index contributed by atoms with van der Waals surface area (Å²) in [5.41, 5.74) is 2.03. The first-order valence-electron chi connectivity index (χ1n) is 8.21. The zero-order chi connectivity index (χ0) is 18.6. The highest BCUT2D eigenvalue weighted by Crippen LogP contribution is 2.17. The van der Waals surface area contributed by atoms with E-state index in [2.05, 4.69) is 29.4 Å². The molecule has 0 aliphatic heterocycles. The fourth-order valence-electron chi connectivity index (χ4n) is 2.80. The Morgan fingerprint density at radius 2 is 2.00 bits per heavy atom. The molecule has 1 aromatic carbocycles. The van der Waals surface area contributed by atoms with Gasteiger partial charge in [-0.05, 0) is 48.2 Å². The Morgan fingerprint density at radius 1 is 1.32 bits per heavy atom. The van der Waals surface area contributed by atoms with Crippen molar-refractivity contribution in [1.29, 1.82) is 0 Å². The number of aryl methyl sites for hydroxylation is 3. The maximum Gasteiger partial charge on any atom is 0.381 e. The molecule has 7 heteroatoms. The van der Waals surface area contributed by atoms with E-state index in [0.717, 1.165) is 6.42 Å². The number of hydrogen-bond donors (Lipinski definition) is 1. The molecule has 0 radical (unpaired) electrons. The van der Waals surface area contributed by atoms with Gasteiger partial charge in [-0.3, -0.25) is 4.79 Å². The number of imidazole rings is 1. The Hall–Kier alpha value is -2.70. The zero-order valence-corrected chi connectivity index (χ0v) is 15.1. The van der Waals surface area contributed by atoms with Crippen LogP contribution in [0.5, 0.6) is 0 Å². The monoisotopic (exact) mass is 344 g/mol. The first kappa shape index (κ1) is 18.6. The fraction of sp³-hybridized carbons (Fsp3) is 0.444. The molecule has 0 spiro atoms. The van der Waals surface area contributed by atoms with Gasteiger partial charge < -0.3 is 20.0 Å². The molecule has 25 heavy (non-hydrogen) atoms. The van der Waals surface area contributed by atoms with E-state index in [1.165, 1.54) is 17.3 Å². The van der Waals surface area contributed by atoms with Crippen LogP contribution in [-0.4, -0.2) is 25.9 Å². The number of nitrogens with zero attached hydrogens (tertiary/aromatic N) is 3. The van der Waals surface area contributed by atoms with Crippen molar-refractivity contribution in [3.8, 4) is 0 Å². The number of carbonyl (C=O) groups excluding carboxylic acids is 1. The first-order valence-corrected chi connectivity index (χ1v) is 8.21. The average Bonchev–Trinajstić information content (AvgIpc) is 2.88. The Morgan fingerprint density at radius 3 is 2.60 bits per heavy atom. The number of carbonyl (C=O) groups is 1. The van der Waals surface area contributed by atoms with Crippen molar-refractivity contribution in [1.82, 2.24) is 14.9 Å². The van der Waals surface area contributed by atoms with E-state index >= 15 is 0 Å². The summed E-state index contributed by atoms with van der Waals surface area (Å²) in [5.74, 6) is 0.241. The van der Waals surface area contributed by atoms with Gasteiger partial charge in [0.25, 0.3) is 0 Å². The number of hydrogen-bond acceptors (Lipinski definition) is 4. The van der Waals surface area contributed by atoms with Crippen LogP contribution >= 0.6 is 0 Å². The summed E-state index contributed by atoms with van der Waals surface area (Å²) in [5, 5.41) is 13.8. The average molecular weight is 344 g/mol. The third-order valence-corrected chi connectivity index (χ3v) is 4.10. The van der Waals surface area contributed by atoms with Gasteiger partial charge >= 0.3 is 5.82 Å². The lowest BCUT2D eigenvalue weighted by molar-refractivity contribution is -0.389. The summed E-state index contributed by atoms with van der Waals surface area (Å²) in [6.07, 6.45) is 2.34. The van der Waals surface area contributed by atoms with Crippen LogP contribution in [0.3, 0.4) is 0 Å². The van der Waals surface area contributed by atoms with E-state index in [1.807, 2.05) is 26.0 Å². The zero-order valence-electron chi connectivity index (χ0n) is 15.1. The van der Waals surface area contributed by atoms with Crippen LogP contribution in [0.4, 0.5) is 5.82 Å². The molecule has 7 nitrogen and oxygen atoms in total. The van der Waals surface area contributed by atoms with Crippen LogP contribution in [0, 0.1) is 24.0 Å². The second-order valence-electron chi connectivity index (χ2n) is 6.88. The van der Waals surface area contributed by atoms with Crippen molar-refractivity contribution >= 4 is 11.7 Å². The molecule has 134 valence electrons. The molecule has 1 N–H and O–H groups in total. The SMILES string of the molecule is Cc1ccccc1CC(C)(C)NC(=O)CCn1cc([N+](=O)[O-])nc1C. The minimum absolute atomic E-state index is 0.0886. The largest absolute Gasteiger partial charge is 0.381 e. The molecule has 0 bridgehead atoms. The van der Waals surface area contributed by atoms with Crippen molar-refractivity contribution < 1.29 is 9.72 Å². The van der Waals surface area contributed by atoms with Gasteiger partial charge in [0.2, 0.25) is 11.7 Å². The van der Waals surface area contributed by atoms with Crippen LogP contribution in [0.25, 0.3) is 0 Å². The van der Waals surface area contributed by atoms with Crippen molar-refractivity contribution in [2.24, 2.45) is 0 Å². The maximum absolute atomic E-state index is 12.3. The third-order valence-electron chi connectivity index (χ3n) is 4.10. The summed E-state index contributed by atoms with van der Waals surface area (Å²) in [4.78, 5) is 26.4. The summed E-state index contributed by atoms with van der Waals surface area (Å²) < 4.78 is 1.63. The predicted octanol–water partition coefficient (Wildman–Crippen LogP) is 2.94. The summed E-state index contributed by atoms with van der Waals surface area (Å²) in [6, 6.07) is 8.12. The second-order valence-corrected chi connectivity index (χ2v) is 6.88. The van der Waals surface area contributed by atoms with Crippen molar-refractivity contribution in [2.75, 3.05) is 0 Å². The summed E-state index contributed by atoms with van der Waals surface area (Å²) in [7, 11) is 0. The highest BCUT2D eigenvalue weighted by atomic mass is 16.6. The molecule has 1 heterocycles. The van der Waals surface area contributed by atoms with E-state index in [1.54, 1.807) is 11.5 Å². The molecule has 0 aliphatic rings. The number of rotatable bonds is 7. The van der Waals surface area contributed by atoms with Crippen LogP contribution in [0.2, 0.25) is 0 Å². The minimum Gasteiger partial charge on any atom is -0.358 e. The molecule has 0 fully saturated rings. The molecule has 0 aliphatic carbocycles. The maximum atomic E-state index is 12.3. The van der Waals surface area contributed by atoms with E-state index in [-0.39, 0.29) is 23.7 Å². The molecule has 1 amide bonds. The van der Waals surface area contributed by atoms with Gasteiger partial charge in [0.15, 0.2) is 0 Å². The molecule has 0 unspecified atom stereocenters. The van der Waals surface area contributed by atoms with Crippen molar-refractivity contribution in [2.45, 2.75) is 52.6 Å².